The summed E-state index contributed by atoms with van der Waals surface area (Å²) in [7, 11) is 0. The van der Waals surface area contributed by atoms with Crippen LogP contribution in [0.25, 0.3) is 0 Å². The van der Waals surface area contributed by atoms with Gasteiger partial charge in [0.25, 0.3) is 5.69 Å². The van der Waals surface area contributed by atoms with Crippen molar-refractivity contribution in [2.45, 2.75) is 0 Å². The predicted molar refractivity (Wildman–Crippen MR) is 67.3 cm³/mol. The summed E-state index contributed by atoms with van der Waals surface area (Å²) < 4.78 is 0. The largest absolute Gasteiger partial charge is 0.344 e. The van der Waals surface area contributed by atoms with E-state index < -0.39 is 9.85 Å². The van der Waals surface area contributed by atoms with Gasteiger partial charge in [0.1, 0.15) is 17.6 Å². The van der Waals surface area contributed by atoms with E-state index in [4.69, 9.17) is 0 Å². The van der Waals surface area contributed by atoms with Gasteiger partial charge < -0.3 is 5.32 Å². The number of nitro groups is 2. The van der Waals surface area contributed by atoms with Crippen LogP contribution in [0.2, 0.25) is 0 Å². The molecule has 2 rings (SSSR count). The Morgan fingerprint density at radius 1 is 0.947 bits per heavy atom. The van der Waals surface area contributed by atoms with Crippen molar-refractivity contribution in [3.63, 3.8) is 0 Å². The number of benzene rings is 1. The first-order valence-electron chi connectivity index (χ1n) is 5.18. The molecule has 0 fully saturated rings. The van der Waals surface area contributed by atoms with E-state index in [1.807, 2.05) is 0 Å². The van der Waals surface area contributed by atoms with E-state index >= 15 is 0 Å². The minimum atomic E-state index is -0.607. The number of hydrogen-bond acceptors (Lipinski definition) is 6. The van der Waals surface area contributed by atoms with E-state index in [9.17, 15) is 20.2 Å². The number of nitrogens with one attached hydrogen (secondary N) is 1. The van der Waals surface area contributed by atoms with E-state index in [2.05, 4.69) is 10.3 Å². The van der Waals surface area contributed by atoms with Crippen LogP contribution in [-0.2, 0) is 0 Å². The summed E-state index contributed by atoms with van der Waals surface area (Å²) in [6.07, 6.45) is 2.45. The Kier molecular flexibility index (Phi) is 3.33. The van der Waals surface area contributed by atoms with Crippen molar-refractivity contribution in [2.75, 3.05) is 5.32 Å². The zero-order valence-corrected chi connectivity index (χ0v) is 9.52. The third kappa shape index (κ3) is 2.63. The van der Waals surface area contributed by atoms with Crippen molar-refractivity contribution in [3.8, 4) is 0 Å². The SMILES string of the molecule is O=[N+]([O-])c1ccccc1Nc1ccncc1[N+](=O)[O-]. The van der Waals surface area contributed by atoms with Crippen LogP contribution in [0.4, 0.5) is 22.7 Å². The average molecular weight is 260 g/mol. The van der Waals surface area contributed by atoms with Crippen LogP contribution in [0, 0.1) is 20.2 Å². The molecule has 1 aromatic carbocycles. The molecule has 2 aromatic rings. The Hall–Kier alpha value is -3.03. The molecule has 0 spiro atoms. The summed E-state index contributed by atoms with van der Waals surface area (Å²) >= 11 is 0. The van der Waals surface area contributed by atoms with E-state index in [1.165, 1.54) is 30.5 Å². The Balaban J connectivity index is 2.42. The molecule has 0 aliphatic heterocycles. The van der Waals surface area contributed by atoms with Crippen molar-refractivity contribution >= 4 is 22.7 Å². The highest BCUT2D eigenvalue weighted by Gasteiger charge is 2.17. The molecule has 19 heavy (non-hydrogen) atoms. The van der Waals surface area contributed by atoms with E-state index in [0.717, 1.165) is 6.20 Å². The number of para-hydroxylation sites is 2. The number of nitro benzene ring substituents is 1. The fraction of sp³-hybridized carbons (Fsp3) is 0. The molecule has 0 aliphatic carbocycles. The van der Waals surface area contributed by atoms with Gasteiger partial charge in [-0.25, -0.2) is 0 Å². The second-order valence-electron chi connectivity index (χ2n) is 3.55. The number of hydrogen-bond donors (Lipinski definition) is 1. The van der Waals surface area contributed by atoms with Gasteiger partial charge in [-0.2, -0.15) is 0 Å². The van der Waals surface area contributed by atoms with Gasteiger partial charge in [-0.3, -0.25) is 25.2 Å². The maximum absolute atomic E-state index is 10.9. The van der Waals surface area contributed by atoms with Crippen molar-refractivity contribution in [1.82, 2.24) is 4.98 Å². The molecule has 0 bridgehead atoms. The molecule has 96 valence electrons. The summed E-state index contributed by atoms with van der Waals surface area (Å²) in [4.78, 5) is 24.2. The summed E-state index contributed by atoms with van der Waals surface area (Å²) in [6.45, 7) is 0. The average Bonchev–Trinajstić information content (AvgIpc) is 2.39. The number of rotatable bonds is 4. The van der Waals surface area contributed by atoms with Crippen LogP contribution in [0.15, 0.2) is 42.7 Å². The highest BCUT2D eigenvalue weighted by Crippen LogP contribution is 2.31. The molecule has 8 heteroatoms. The molecule has 1 heterocycles. The molecule has 0 amide bonds. The molecule has 8 nitrogen and oxygen atoms in total. The number of anilines is 2. The van der Waals surface area contributed by atoms with Gasteiger partial charge in [0.15, 0.2) is 0 Å². The second kappa shape index (κ2) is 5.08. The smallest absolute Gasteiger partial charge is 0.310 e. The van der Waals surface area contributed by atoms with Crippen LogP contribution in [0.3, 0.4) is 0 Å². The first-order chi connectivity index (χ1) is 9.09. The lowest BCUT2D eigenvalue weighted by Crippen LogP contribution is -2.00. The number of pyridine rings is 1. The molecule has 0 atom stereocenters. The van der Waals surface area contributed by atoms with Gasteiger partial charge in [0, 0.05) is 12.3 Å². The number of aromatic nitrogens is 1. The zero-order valence-electron chi connectivity index (χ0n) is 9.52. The zero-order chi connectivity index (χ0) is 13.8. The van der Waals surface area contributed by atoms with Crippen LogP contribution < -0.4 is 5.32 Å². The van der Waals surface area contributed by atoms with Crippen LogP contribution in [0.1, 0.15) is 0 Å². The lowest BCUT2D eigenvalue weighted by molar-refractivity contribution is -0.384. The Bertz CT molecular complexity index is 589. The first-order valence-corrected chi connectivity index (χ1v) is 5.18. The lowest BCUT2D eigenvalue weighted by Gasteiger charge is -2.06. The third-order valence-electron chi connectivity index (χ3n) is 2.37. The summed E-state index contributed by atoms with van der Waals surface area (Å²) in [5.41, 5.74) is -0.0784. The molecular formula is C11H8N4O4. The van der Waals surface area contributed by atoms with E-state index in [-0.39, 0.29) is 22.7 Å². The van der Waals surface area contributed by atoms with Gasteiger partial charge in [0.2, 0.25) is 0 Å². The Morgan fingerprint density at radius 3 is 2.26 bits per heavy atom. The molecular weight excluding hydrogens is 252 g/mol. The summed E-state index contributed by atoms with van der Waals surface area (Å²) in [6, 6.07) is 7.29. The second-order valence-corrected chi connectivity index (χ2v) is 3.55. The normalized spacial score (nSPS) is 9.89. The molecule has 0 unspecified atom stereocenters. The van der Waals surface area contributed by atoms with Crippen molar-refractivity contribution in [1.29, 1.82) is 0 Å². The molecule has 1 aromatic heterocycles. The van der Waals surface area contributed by atoms with Crippen LogP contribution in [-0.4, -0.2) is 14.8 Å². The van der Waals surface area contributed by atoms with Gasteiger partial charge in [0.05, 0.1) is 9.85 Å². The number of nitrogens with zero attached hydrogens (tertiary/aromatic N) is 3. The topological polar surface area (TPSA) is 111 Å². The standard InChI is InChI=1S/C11H8N4O4/c16-14(17)10-4-2-1-3-8(10)13-9-5-6-12-7-11(9)15(18)19/h1-7H,(H,12,13). The summed E-state index contributed by atoms with van der Waals surface area (Å²) in [5, 5.41) is 24.4. The highest BCUT2D eigenvalue weighted by atomic mass is 16.6. The minimum absolute atomic E-state index is 0.148. The maximum Gasteiger partial charge on any atom is 0.310 e. The van der Waals surface area contributed by atoms with E-state index in [0.29, 0.717) is 0 Å². The van der Waals surface area contributed by atoms with Gasteiger partial charge in [-0.1, -0.05) is 12.1 Å². The first kappa shape index (κ1) is 12.4. The Morgan fingerprint density at radius 2 is 1.58 bits per heavy atom. The summed E-state index contributed by atoms with van der Waals surface area (Å²) in [5.74, 6) is 0. The monoisotopic (exact) mass is 260 g/mol. The molecule has 0 saturated carbocycles. The van der Waals surface area contributed by atoms with Gasteiger partial charge >= 0.3 is 5.69 Å². The fourth-order valence-electron chi connectivity index (χ4n) is 1.52. The van der Waals surface area contributed by atoms with Crippen molar-refractivity contribution in [2.24, 2.45) is 0 Å². The quantitative estimate of drug-likeness (QED) is 0.668. The highest BCUT2D eigenvalue weighted by molar-refractivity contribution is 5.74. The molecule has 1 N–H and O–H groups in total. The lowest BCUT2D eigenvalue weighted by atomic mass is 10.2. The van der Waals surface area contributed by atoms with Crippen molar-refractivity contribution in [3.05, 3.63) is 63.0 Å². The van der Waals surface area contributed by atoms with Gasteiger partial charge in [-0.05, 0) is 12.1 Å². The maximum atomic E-state index is 10.9. The van der Waals surface area contributed by atoms with Crippen LogP contribution >= 0.6 is 0 Å². The van der Waals surface area contributed by atoms with Gasteiger partial charge in [-0.15, -0.1) is 0 Å². The van der Waals surface area contributed by atoms with Crippen molar-refractivity contribution < 1.29 is 9.85 Å². The molecule has 0 saturated heterocycles. The van der Waals surface area contributed by atoms with E-state index in [1.54, 1.807) is 6.07 Å². The Labute approximate surface area is 107 Å². The predicted octanol–water partition coefficient (Wildman–Crippen LogP) is 2.64. The molecule has 0 radical (unpaired) electrons. The third-order valence-corrected chi connectivity index (χ3v) is 2.37. The fourth-order valence-corrected chi connectivity index (χ4v) is 1.52. The minimum Gasteiger partial charge on any atom is -0.344 e. The molecule has 0 aliphatic rings. The van der Waals surface area contributed by atoms with Crippen LogP contribution in [0.5, 0.6) is 0 Å².